The average molecular weight is 375 g/mol. The summed E-state index contributed by atoms with van der Waals surface area (Å²) in [6.45, 7) is 3.63. The molecular formula is C19H17N7O2. The van der Waals surface area contributed by atoms with Crippen LogP contribution in [0.3, 0.4) is 0 Å². The van der Waals surface area contributed by atoms with Crippen LogP contribution in [0.1, 0.15) is 13.8 Å². The summed E-state index contributed by atoms with van der Waals surface area (Å²) >= 11 is 0. The lowest BCUT2D eigenvalue weighted by molar-refractivity contribution is -0.118. The summed E-state index contributed by atoms with van der Waals surface area (Å²) in [6.07, 6.45) is 6.72. The van der Waals surface area contributed by atoms with Crippen molar-refractivity contribution in [3.8, 4) is 28.8 Å². The van der Waals surface area contributed by atoms with E-state index in [-0.39, 0.29) is 11.8 Å². The Hall–Kier alpha value is -3.88. The number of carbonyl (C=O) groups excluding carboxylic acids is 1. The van der Waals surface area contributed by atoms with Gasteiger partial charge in [0.2, 0.25) is 11.7 Å². The van der Waals surface area contributed by atoms with Crippen LogP contribution in [0, 0.1) is 5.92 Å². The molecule has 28 heavy (non-hydrogen) atoms. The van der Waals surface area contributed by atoms with Gasteiger partial charge in [0.1, 0.15) is 23.7 Å². The number of anilines is 1. The van der Waals surface area contributed by atoms with Gasteiger partial charge in [-0.25, -0.2) is 15.0 Å². The molecule has 0 aliphatic carbocycles. The van der Waals surface area contributed by atoms with E-state index in [0.29, 0.717) is 34.6 Å². The summed E-state index contributed by atoms with van der Waals surface area (Å²) < 4.78 is 7.17. The first-order chi connectivity index (χ1) is 13.6. The van der Waals surface area contributed by atoms with Crippen molar-refractivity contribution in [1.82, 2.24) is 29.7 Å². The number of nitrogens with zero attached hydrogens (tertiary/aromatic N) is 6. The number of hydrogen-bond acceptors (Lipinski definition) is 7. The fourth-order valence-electron chi connectivity index (χ4n) is 2.43. The van der Waals surface area contributed by atoms with Gasteiger partial charge in [-0.15, -0.1) is 0 Å². The number of hydrogen-bond donors (Lipinski definition) is 1. The van der Waals surface area contributed by atoms with E-state index in [1.54, 1.807) is 47.7 Å². The Balaban J connectivity index is 1.60. The van der Waals surface area contributed by atoms with Gasteiger partial charge < -0.3 is 9.84 Å². The molecule has 0 saturated heterocycles. The van der Waals surface area contributed by atoms with E-state index in [9.17, 15) is 4.79 Å². The minimum Gasteiger partial charge on any atom is -0.334 e. The molecule has 0 saturated carbocycles. The lowest BCUT2D eigenvalue weighted by Gasteiger charge is -2.06. The lowest BCUT2D eigenvalue weighted by atomic mass is 10.2. The first kappa shape index (κ1) is 17.5. The smallest absolute Gasteiger partial charge is 0.258 e. The molecule has 0 aliphatic heterocycles. The summed E-state index contributed by atoms with van der Waals surface area (Å²) in [7, 11) is 0. The maximum atomic E-state index is 11.9. The standard InChI is InChI=1S/C19H17N7O2/c1-12(2)18(27)23-15-10-13(6-7-21-15)19-24-17(25-28-19)14-4-3-5-16(22-14)26-9-8-20-11-26/h3-12H,1-2H3,(H,21,23,27). The van der Waals surface area contributed by atoms with Crippen LogP contribution in [-0.4, -0.2) is 35.6 Å². The van der Waals surface area contributed by atoms with Gasteiger partial charge in [-0.3, -0.25) is 9.36 Å². The van der Waals surface area contributed by atoms with Crippen LogP contribution in [0.25, 0.3) is 28.8 Å². The van der Waals surface area contributed by atoms with E-state index >= 15 is 0 Å². The maximum Gasteiger partial charge on any atom is 0.258 e. The molecule has 1 N–H and O–H groups in total. The molecule has 1 amide bonds. The molecule has 0 aliphatic rings. The SMILES string of the molecule is CC(C)C(=O)Nc1cc(-c2nc(-c3cccc(-n4ccnc4)n3)no2)ccn1. The minimum atomic E-state index is -0.144. The highest BCUT2D eigenvalue weighted by Gasteiger charge is 2.14. The van der Waals surface area contributed by atoms with Crippen LogP contribution < -0.4 is 5.32 Å². The van der Waals surface area contributed by atoms with Crippen molar-refractivity contribution < 1.29 is 9.32 Å². The zero-order valence-electron chi connectivity index (χ0n) is 15.3. The molecule has 4 aromatic rings. The molecule has 4 heterocycles. The molecule has 0 bridgehead atoms. The van der Waals surface area contributed by atoms with Gasteiger partial charge in [0.05, 0.1) is 0 Å². The Morgan fingerprint density at radius 1 is 1.18 bits per heavy atom. The summed E-state index contributed by atoms with van der Waals surface area (Å²) in [5.74, 6) is 1.54. The first-order valence-electron chi connectivity index (χ1n) is 8.67. The van der Waals surface area contributed by atoms with E-state index in [2.05, 4.69) is 30.4 Å². The molecule has 9 nitrogen and oxygen atoms in total. The predicted molar refractivity (Wildman–Crippen MR) is 101 cm³/mol. The number of amides is 1. The second-order valence-electron chi connectivity index (χ2n) is 6.35. The highest BCUT2D eigenvalue weighted by Crippen LogP contribution is 2.23. The quantitative estimate of drug-likeness (QED) is 0.571. The minimum absolute atomic E-state index is 0.114. The highest BCUT2D eigenvalue weighted by molar-refractivity contribution is 5.91. The molecule has 9 heteroatoms. The Labute approximate surface area is 160 Å². The zero-order valence-corrected chi connectivity index (χ0v) is 15.3. The predicted octanol–water partition coefficient (Wildman–Crippen LogP) is 2.97. The third-order valence-corrected chi connectivity index (χ3v) is 3.94. The van der Waals surface area contributed by atoms with Gasteiger partial charge in [-0.2, -0.15) is 4.98 Å². The monoisotopic (exact) mass is 375 g/mol. The molecule has 4 rings (SSSR count). The van der Waals surface area contributed by atoms with E-state index in [0.717, 1.165) is 0 Å². The summed E-state index contributed by atoms with van der Waals surface area (Å²) in [5, 5.41) is 6.78. The van der Waals surface area contributed by atoms with Crippen LogP contribution in [0.15, 0.2) is 59.8 Å². The Morgan fingerprint density at radius 3 is 2.86 bits per heavy atom. The van der Waals surface area contributed by atoms with Crippen molar-refractivity contribution in [2.75, 3.05) is 5.32 Å². The molecule has 140 valence electrons. The van der Waals surface area contributed by atoms with Gasteiger partial charge in [-0.1, -0.05) is 25.1 Å². The molecule has 0 unspecified atom stereocenters. The maximum absolute atomic E-state index is 11.9. The molecule has 0 fully saturated rings. The molecule has 0 radical (unpaired) electrons. The number of rotatable bonds is 5. The third-order valence-electron chi connectivity index (χ3n) is 3.94. The summed E-state index contributed by atoms with van der Waals surface area (Å²) in [4.78, 5) is 29.0. The van der Waals surface area contributed by atoms with Gasteiger partial charge in [-0.05, 0) is 24.3 Å². The summed E-state index contributed by atoms with van der Waals surface area (Å²) in [6, 6.07) is 8.94. The van der Waals surface area contributed by atoms with Crippen LogP contribution in [0.4, 0.5) is 5.82 Å². The number of aromatic nitrogens is 6. The number of pyridine rings is 2. The van der Waals surface area contributed by atoms with E-state index < -0.39 is 0 Å². The lowest BCUT2D eigenvalue weighted by Crippen LogP contribution is -2.18. The molecule has 0 atom stereocenters. The van der Waals surface area contributed by atoms with Gasteiger partial charge in [0.15, 0.2) is 0 Å². The van der Waals surface area contributed by atoms with Crippen LogP contribution in [0.5, 0.6) is 0 Å². The van der Waals surface area contributed by atoms with E-state index in [4.69, 9.17) is 4.52 Å². The number of nitrogens with one attached hydrogen (secondary N) is 1. The van der Waals surface area contributed by atoms with Gasteiger partial charge in [0.25, 0.3) is 5.89 Å². The van der Waals surface area contributed by atoms with E-state index in [1.165, 1.54) is 0 Å². The topological polar surface area (TPSA) is 112 Å². The Morgan fingerprint density at radius 2 is 2.07 bits per heavy atom. The van der Waals surface area contributed by atoms with Crippen LogP contribution >= 0.6 is 0 Å². The Bertz CT molecular complexity index is 1100. The van der Waals surface area contributed by atoms with E-state index in [1.807, 2.05) is 26.0 Å². The zero-order chi connectivity index (χ0) is 19.5. The second kappa shape index (κ2) is 7.39. The average Bonchev–Trinajstić information content (AvgIpc) is 3.40. The fourth-order valence-corrected chi connectivity index (χ4v) is 2.43. The highest BCUT2D eigenvalue weighted by atomic mass is 16.5. The van der Waals surface area contributed by atoms with Gasteiger partial charge in [0, 0.05) is 30.1 Å². The first-order valence-corrected chi connectivity index (χ1v) is 8.67. The van der Waals surface area contributed by atoms with Crippen molar-refractivity contribution >= 4 is 11.7 Å². The largest absolute Gasteiger partial charge is 0.334 e. The van der Waals surface area contributed by atoms with Crippen LogP contribution in [0.2, 0.25) is 0 Å². The van der Waals surface area contributed by atoms with Crippen molar-refractivity contribution in [2.24, 2.45) is 5.92 Å². The van der Waals surface area contributed by atoms with Crippen molar-refractivity contribution in [3.63, 3.8) is 0 Å². The molecular weight excluding hydrogens is 358 g/mol. The van der Waals surface area contributed by atoms with Crippen LogP contribution in [-0.2, 0) is 4.79 Å². The molecule has 4 aromatic heterocycles. The van der Waals surface area contributed by atoms with Crippen molar-refractivity contribution in [2.45, 2.75) is 13.8 Å². The number of imidazole rings is 1. The Kier molecular flexibility index (Phi) is 4.63. The second-order valence-corrected chi connectivity index (χ2v) is 6.35. The fraction of sp³-hybridized carbons (Fsp3) is 0.158. The van der Waals surface area contributed by atoms with Gasteiger partial charge >= 0.3 is 0 Å². The molecule has 0 spiro atoms. The summed E-state index contributed by atoms with van der Waals surface area (Å²) in [5.41, 5.74) is 1.22. The molecule has 0 aromatic carbocycles. The number of carbonyl (C=O) groups is 1. The van der Waals surface area contributed by atoms with Crippen molar-refractivity contribution in [3.05, 3.63) is 55.2 Å². The third kappa shape index (κ3) is 3.63. The normalized spacial score (nSPS) is 11.0. The van der Waals surface area contributed by atoms with Crippen molar-refractivity contribution in [1.29, 1.82) is 0 Å².